The van der Waals surface area contributed by atoms with Crippen LogP contribution in [-0.4, -0.2) is 81.8 Å². The summed E-state index contributed by atoms with van der Waals surface area (Å²) in [7, 11) is 2.16. The first-order valence-electron chi connectivity index (χ1n) is 11.2. The molecule has 2 N–H and O–H groups in total. The number of hydrogen-bond donors (Lipinski definition) is 2. The molecule has 7 nitrogen and oxygen atoms in total. The first kappa shape index (κ1) is 28.6. The number of halogens is 3. The first-order valence-corrected chi connectivity index (χ1v) is 11.2. The second-order valence-electron chi connectivity index (χ2n) is 7.62. The number of nitrogens with zero attached hydrogens (tertiary/aromatic N) is 3. The zero-order valence-electron chi connectivity index (χ0n) is 19.4. The number of alkyl halides is 2. The molecule has 1 aromatic rings. The highest BCUT2D eigenvalue weighted by atomic mass is 127. The van der Waals surface area contributed by atoms with E-state index in [9.17, 15) is 8.78 Å². The molecule has 1 aromatic carbocycles. The van der Waals surface area contributed by atoms with Gasteiger partial charge in [-0.25, -0.2) is 4.99 Å². The van der Waals surface area contributed by atoms with E-state index in [1.807, 2.05) is 13.8 Å². The molecule has 1 fully saturated rings. The second kappa shape index (κ2) is 16.2. The third-order valence-corrected chi connectivity index (χ3v) is 5.01. The van der Waals surface area contributed by atoms with Crippen molar-refractivity contribution in [2.75, 3.05) is 59.5 Å². The molecule has 0 spiro atoms. The molecule has 0 bridgehead atoms. The highest BCUT2D eigenvalue weighted by molar-refractivity contribution is 14.0. The molecule has 0 radical (unpaired) electrons. The van der Waals surface area contributed by atoms with Gasteiger partial charge < -0.3 is 29.9 Å². The van der Waals surface area contributed by atoms with Gasteiger partial charge in [0.2, 0.25) is 0 Å². The Balaban J connectivity index is 0.00000512. The summed E-state index contributed by atoms with van der Waals surface area (Å²) >= 11 is 0. The van der Waals surface area contributed by atoms with E-state index in [-0.39, 0.29) is 36.3 Å². The fraction of sp³-hybridized carbons (Fsp3) is 0.682. The van der Waals surface area contributed by atoms with Crippen LogP contribution in [0.5, 0.6) is 11.5 Å². The van der Waals surface area contributed by atoms with Crippen molar-refractivity contribution < 1.29 is 18.3 Å². The molecule has 0 aliphatic carbocycles. The van der Waals surface area contributed by atoms with Gasteiger partial charge in [0.15, 0.2) is 5.96 Å². The normalized spacial score (nSPS) is 15.8. The summed E-state index contributed by atoms with van der Waals surface area (Å²) in [6.45, 7) is 8.61. The minimum atomic E-state index is -2.90. The van der Waals surface area contributed by atoms with Gasteiger partial charge in [-0.05, 0) is 52.0 Å². The van der Waals surface area contributed by atoms with Crippen LogP contribution in [0, 0.1) is 0 Å². The molecule has 10 heteroatoms. The fourth-order valence-corrected chi connectivity index (χ4v) is 3.34. The Bertz CT molecular complexity index is 682. The maximum Gasteiger partial charge on any atom is 0.387 e. The number of aliphatic imine (C=N–C) groups is 1. The molecule has 0 aromatic heterocycles. The van der Waals surface area contributed by atoms with E-state index in [0.717, 1.165) is 45.7 Å². The van der Waals surface area contributed by atoms with E-state index in [0.29, 0.717) is 30.4 Å². The van der Waals surface area contributed by atoms with Gasteiger partial charge in [-0.15, -0.1) is 24.0 Å². The summed E-state index contributed by atoms with van der Waals surface area (Å²) in [5.41, 5.74) is 0.580. The second-order valence-corrected chi connectivity index (χ2v) is 7.62. The average Bonchev–Trinajstić information content (AvgIpc) is 2.95. The van der Waals surface area contributed by atoms with Crippen molar-refractivity contribution in [3.8, 4) is 11.5 Å². The minimum absolute atomic E-state index is 0. The van der Waals surface area contributed by atoms with Crippen LogP contribution < -0.4 is 20.1 Å². The smallest absolute Gasteiger partial charge is 0.387 e. The number of likely N-dealkylation sites (N-methyl/N-ethyl adjacent to an activating group) is 1. The summed E-state index contributed by atoms with van der Waals surface area (Å²) in [4.78, 5) is 9.36. The number of hydrogen-bond acceptors (Lipinski definition) is 5. The van der Waals surface area contributed by atoms with Gasteiger partial charge in [0.05, 0.1) is 13.2 Å². The summed E-state index contributed by atoms with van der Waals surface area (Å²) in [5, 5.41) is 6.55. The van der Waals surface area contributed by atoms with Crippen LogP contribution in [0.4, 0.5) is 8.78 Å². The third kappa shape index (κ3) is 11.0. The monoisotopic (exact) mass is 569 g/mol. The molecule has 32 heavy (non-hydrogen) atoms. The zero-order chi connectivity index (χ0) is 22.5. The van der Waals surface area contributed by atoms with Gasteiger partial charge in [-0.3, -0.25) is 0 Å². The molecule has 0 unspecified atom stereocenters. The lowest BCUT2D eigenvalue weighted by Gasteiger charge is -2.21. The molecule has 184 valence electrons. The molecule has 1 saturated heterocycles. The molecule has 1 aliphatic rings. The SMILES string of the molecule is CCCOc1ccc(CN=C(NCC)NCCN2CCCN(C)CC2)c(OC(F)F)c1.I. The van der Waals surface area contributed by atoms with Gasteiger partial charge in [0.25, 0.3) is 0 Å². The third-order valence-electron chi connectivity index (χ3n) is 5.01. The van der Waals surface area contributed by atoms with Crippen LogP contribution >= 0.6 is 24.0 Å². The Kier molecular flexibility index (Phi) is 14.5. The molecular formula is C22H38F2IN5O2. The van der Waals surface area contributed by atoms with Crippen LogP contribution in [0.2, 0.25) is 0 Å². The Morgan fingerprint density at radius 1 is 1.16 bits per heavy atom. The number of benzene rings is 1. The zero-order valence-corrected chi connectivity index (χ0v) is 21.7. The lowest BCUT2D eigenvalue weighted by molar-refractivity contribution is -0.0505. The van der Waals surface area contributed by atoms with Crippen LogP contribution in [0.3, 0.4) is 0 Å². The maximum absolute atomic E-state index is 12.9. The van der Waals surface area contributed by atoms with Crippen LogP contribution in [-0.2, 0) is 6.54 Å². The van der Waals surface area contributed by atoms with Gasteiger partial charge in [-0.1, -0.05) is 6.92 Å². The summed E-state index contributed by atoms with van der Waals surface area (Å²) < 4.78 is 36.0. The fourth-order valence-electron chi connectivity index (χ4n) is 3.34. The summed E-state index contributed by atoms with van der Waals surface area (Å²) in [6, 6.07) is 4.99. The summed E-state index contributed by atoms with van der Waals surface area (Å²) in [5.74, 6) is 1.26. The first-order chi connectivity index (χ1) is 15.0. The Hall–Kier alpha value is -1.40. The van der Waals surface area contributed by atoms with Gasteiger partial charge in [0.1, 0.15) is 11.5 Å². The quantitative estimate of drug-likeness (QED) is 0.242. The molecule has 2 rings (SSSR count). The standard InChI is InChI=1S/C22H37F2N5O2.HI/c1-4-15-30-19-8-7-18(20(16-19)31-21(23)24)17-27-22(25-5-2)26-9-12-29-11-6-10-28(3)13-14-29;/h7-8,16,21H,4-6,9-15,17H2,1-3H3,(H2,25,26,27);1H. The van der Waals surface area contributed by atoms with Crippen molar-refractivity contribution in [1.82, 2.24) is 20.4 Å². The Morgan fingerprint density at radius 3 is 2.69 bits per heavy atom. The molecule has 0 atom stereocenters. The average molecular weight is 569 g/mol. The van der Waals surface area contributed by atoms with E-state index in [2.05, 4.69) is 32.5 Å². The highest BCUT2D eigenvalue weighted by Gasteiger charge is 2.13. The predicted molar refractivity (Wildman–Crippen MR) is 136 cm³/mol. The van der Waals surface area contributed by atoms with Gasteiger partial charge in [0, 0.05) is 44.4 Å². The topological polar surface area (TPSA) is 61.4 Å². The van der Waals surface area contributed by atoms with Crippen LogP contribution in [0.25, 0.3) is 0 Å². The van der Waals surface area contributed by atoms with Gasteiger partial charge in [-0.2, -0.15) is 8.78 Å². The lowest BCUT2D eigenvalue weighted by Crippen LogP contribution is -2.42. The largest absolute Gasteiger partial charge is 0.493 e. The number of nitrogens with one attached hydrogen (secondary N) is 2. The summed E-state index contributed by atoms with van der Waals surface area (Å²) in [6.07, 6.45) is 2.01. The van der Waals surface area contributed by atoms with Crippen molar-refractivity contribution in [1.29, 1.82) is 0 Å². The lowest BCUT2D eigenvalue weighted by atomic mass is 10.2. The Labute approximate surface area is 207 Å². The molecule has 0 saturated carbocycles. The van der Waals surface area contributed by atoms with E-state index in [1.165, 1.54) is 12.5 Å². The molecule has 1 aliphatic heterocycles. The van der Waals surface area contributed by atoms with Crippen molar-refractivity contribution in [2.24, 2.45) is 4.99 Å². The predicted octanol–water partition coefficient (Wildman–Crippen LogP) is 3.39. The number of guanidine groups is 1. The molecule has 0 amide bonds. The van der Waals surface area contributed by atoms with Gasteiger partial charge >= 0.3 is 6.61 Å². The van der Waals surface area contributed by atoms with Crippen molar-refractivity contribution >= 4 is 29.9 Å². The Morgan fingerprint density at radius 2 is 1.97 bits per heavy atom. The van der Waals surface area contributed by atoms with Crippen molar-refractivity contribution in [2.45, 2.75) is 39.8 Å². The van der Waals surface area contributed by atoms with E-state index >= 15 is 0 Å². The van der Waals surface area contributed by atoms with Crippen molar-refractivity contribution in [3.05, 3.63) is 23.8 Å². The maximum atomic E-state index is 12.9. The van der Waals surface area contributed by atoms with E-state index in [1.54, 1.807) is 12.1 Å². The molecule has 1 heterocycles. The minimum Gasteiger partial charge on any atom is -0.493 e. The highest BCUT2D eigenvalue weighted by Crippen LogP contribution is 2.27. The van der Waals surface area contributed by atoms with Crippen LogP contribution in [0.15, 0.2) is 23.2 Å². The van der Waals surface area contributed by atoms with Crippen molar-refractivity contribution in [3.63, 3.8) is 0 Å². The number of ether oxygens (including phenoxy) is 2. The van der Waals surface area contributed by atoms with Crippen LogP contribution in [0.1, 0.15) is 32.3 Å². The van der Waals surface area contributed by atoms with E-state index in [4.69, 9.17) is 9.47 Å². The number of rotatable bonds is 11. The van der Waals surface area contributed by atoms with E-state index < -0.39 is 6.61 Å². The molecular weight excluding hydrogens is 531 g/mol.